The minimum atomic E-state index is -3.69. The van der Waals surface area contributed by atoms with Crippen LogP contribution in [0.4, 0.5) is 11.4 Å². The molecule has 0 unspecified atom stereocenters. The minimum Gasteiger partial charge on any atom is -0.454 e. The highest BCUT2D eigenvalue weighted by atomic mass is 32.2. The van der Waals surface area contributed by atoms with Crippen LogP contribution >= 0.6 is 0 Å². The summed E-state index contributed by atoms with van der Waals surface area (Å²) in [6.45, 7) is 0.391. The molecule has 2 aliphatic rings. The zero-order valence-corrected chi connectivity index (χ0v) is 20.2. The van der Waals surface area contributed by atoms with Crippen LogP contribution in [0.15, 0.2) is 105 Å². The third kappa shape index (κ3) is 4.64. The number of ether oxygens (including phenoxy) is 4. The predicted molar refractivity (Wildman–Crippen MR) is 138 cm³/mol. The molecular weight excluding hydrogens is 492 g/mol. The normalized spacial score (nSPS) is 14.1. The van der Waals surface area contributed by atoms with Crippen molar-refractivity contribution < 1.29 is 27.4 Å². The van der Waals surface area contributed by atoms with E-state index in [4.69, 9.17) is 18.9 Å². The quantitative estimate of drug-likeness (QED) is 0.318. The van der Waals surface area contributed by atoms with Crippen LogP contribution in [-0.2, 0) is 9.84 Å². The maximum atomic E-state index is 13.1. The van der Waals surface area contributed by atoms with Crippen molar-refractivity contribution in [2.24, 2.45) is 9.98 Å². The molecule has 0 radical (unpaired) electrons. The molecule has 0 atom stereocenters. The average molecular weight is 513 g/mol. The molecule has 37 heavy (non-hydrogen) atoms. The predicted octanol–water partition coefficient (Wildman–Crippen LogP) is 5.48. The maximum absolute atomic E-state index is 13.1. The van der Waals surface area contributed by atoms with Gasteiger partial charge in [0.15, 0.2) is 23.0 Å². The second-order valence-corrected chi connectivity index (χ2v) is 10.2. The van der Waals surface area contributed by atoms with E-state index in [9.17, 15) is 8.42 Å². The summed E-state index contributed by atoms with van der Waals surface area (Å²) >= 11 is 0. The van der Waals surface area contributed by atoms with E-state index < -0.39 is 9.84 Å². The Labute approximate surface area is 213 Å². The summed E-state index contributed by atoms with van der Waals surface area (Å²) in [6, 6.07) is 23.9. The SMILES string of the molecule is O=S(=O)(c1ccc(N=Cc2ccc3c(c2)OCO3)cc1)c1ccc(N=Cc2cccc3c2OCO3)cc1. The molecule has 6 rings (SSSR count). The molecule has 184 valence electrons. The number of para-hydroxylation sites is 1. The van der Waals surface area contributed by atoms with E-state index in [1.54, 1.807) is 61.0 Å². The van der Waals surface area contributed by atoms with Gasteiger partial charge in [-0.25, -0.2) is 8.42 Å². The molecule has 0 aliphatic carbocycles. The van der Waals surface area contributed by atoms with Gasteiger partial charge in [0, 0.05) is 18.0 Å². The van der Waals surface area contributed by atoms with Gasteiger partial charge in [-0.15, -0.1) is 0 Å². The van der Waals surface area contributed by atoms with Crippen LogP contribution in [0.3, 0.4) is 0 Å². The van der Waals surface area contributed by atoms with Crippen molar-refractivity contribution >= 4 is 33.6 Å². The Hall–Kier alpha value is -4.63. The third-order valence-corrected chi connectivity index (χ3v) is 7.62. The van der Waals surface area contributed by atoms with Crippen molar-refractivity contribution in [2.45, 2.75) is 9.79 Å². The van der Waals surface area contributed by atoms with Crippen molar-refractivity contribution in [3.8, 4) is 23.0 Å². The molecular formula is C28H20N2O6S. The van der Waals surface area contributed by atoms with Gasteiger partial charge in [-0.3, -0.25) is 9.98 Å². The molecule has 0 saturated carbocycles. The van der Waals surface area contributed by atoms with E-state index >= 15 is 0 Å². The van der Waals surface area contributed by atoms with Crippen LogP contribution in [0.25, 0.3) is 0 Å². The van der Waals surface area contributed by atoms with Gasteiger partial charge in [0.1, 0.15) is 0 Å². The molecule has 0 N–H and O–H groups in total. The number of rotatable bonds is 6. The molecule has 0 bridgehead atoms. The molecule has 0 spiro atoms. The number of sulfone groups is 1. The first-order chi connectivity index (χ1) is 18.1. The highest BCUT2D eigenvalue weighted by Crippen LogP contribution is 2.35. The third-order valence-electron chi connectivity index (χ3n) is 5.83. The lowest BCUT2D eigenvalue weighted by Gasteiger charge is -2.06. The van der Waals surface area contributed by atoms with E-state index in [1.165, 1.54) is 0 Å². The number of benzene rings is 4. The lowest BCUT2D eigenvalue weighted by molar-refractivity contribution is 0.173. The largest absolute Gasteiger partial charge is 0.454 e. The fraction of sp³-hybridized carbons (Fsp3) is 0.0714. The molecule has 4 aromatic rings. The second kappa shape index (κ2) is 9.44. The minimum absolute atomic E-state index is 0.181. The lowest BCUT2D eigenvalue weighted by Crippen LogP contribution is -2.01. The van der Waals surface area contributed by atoms with Gasteiger partial charge in [0.05, 0.1) is 21.2 Å². The standard InChI is InChI=1S/C28H20N2O6S/c31-37(32,23-9-5-21(6-10-23)29-15-19-4-13-25-27(14-19)35-17-33-25)24-11-7-22(8-12-24)30-16-20-2-1-3-26-28(20)36-18-34-26/h1-16H,17-18H2. The highest BCUT2D eigenvalue weighted by molar-refractivity contribution is 7.91. The number of hydrogen-bond donors (Lipinski definition) is 0. The lowest BCUT2D eigenvalue weighted by atomic mass is 10.2. The summed E-state index contributed by atoms with van der Waals surface area (Å²) in [4.78, 5) is 9.23. The van der Waals surface area contributed by atoms with Gasteiger partial charge in [-0.2, -0.15) is 0 Å². The molecule has 0 amide bonds. The van der Waals surface area contributed by atoms with Crippen LogP contribution < -0.4 is 18.9 Å². The molecule has 0 saturated heterocycles. The molecule has 2 heterocycles. The Morgan fingerprint density at radius 3 is 1.97 bits per heavy atom. The van der Waals surface area contributed by atoms with Crippen molar-refractivity contribution in [1.29, 1.82) is 0 Å². The summed E-state index contributed by atoms with van der Waals surface area (Å²) in [7, 11) is -3.69. The molecule has 0 fully saturated rings. The highest BCUT2D eigenvalue weighted by Gasteiger charge is 2.18. The molecule has 8 nitrogen and oxygen atoms in total. The first-order valence-corrected chi connectivity index (χ1v) is 12.9. The topological polar surface area (TPSA) is 95.8 Å². The van der Waals surface area contributed by atoms with E-state index in [0.717, 1.165) is 11.1 Å². The van der Waals surface area contributed by atoms with E-state index in [-0.39, 0.29) is 23.4 Å². The van der Waals surface area contributed by atoms with Gasteiger partial charge in [-0.1, -0.05) is 6.07 Å². The maximum Gasteiger partial charge on any atom is 0.231 e. The van der Waals surface area contributed by atoms with E-state index in [2.05, 4.69) is 9.98 Å². The Balaban J connectivity index is 1.15. The van der Waals surface area contributed by atoms with Crippen molar-refractivity contribution in [2.75, 3.05) is 13.6 Å². The summed E-state index contributed by atoms with van der Waals surface area (Å²) in [5.41, 5.74) is 2.88. The van der Waals surface area contributed by atoms with Crippen molar-refractivity contribution in [3.05, 3.63) is 96.1 Å². The smallest absolute Gasteiger partial charge is 0.231 e. The summed E-state index contributed by atoms with van der Waals surface area (Å²) in [6.07, 6.45) is 3.35. The fourth-order valence-corrected chi connectivity index (χ4v) is 5.16. The van der Waals surface area contributed by atoms with Gasteiger partial charge in [0.2, 0.25) is 23.4 Å². The molecule has 9 heteroatoms. The van der Waals surface area contributed by atoms with Crippen molar-refractivity contribution in [1.82, 2.24) is 0 Å². The second-order valence-electron chi connectivity index (χ2n) is 8.20. The summed E-state index contributed by atoms with van der Waals surface area (Å²) < 4.78 is 47.8. The first kappa shape index (κ1) is 22.8. The summed E-state index contributed by atoms with van der Waals surface area (Å²) in [5, 5.41) is 0. The van der Waals surface area contributed by atoms with Gasteiger partial charge in [0.25, 0.3) is 0 Å². The van der Waals surface area contributed by atoms with Crippen LogP contribution in [-0.4, -0.2) is 34.4 Å². The number of nitrogens with zero attached hydrogens (tertiary/aromatic N) is 2. The van der Waals surface area contributed by atoms with Gasteiger partial charge >= 0.3 is 0 Å². The number of fused-ring (bicyclic) bond motifs is 2. The number of aliphatic imine (C=N–C) groups is 2. The van der Waals surface area contributed by atoms with Gasteiger partial charge in [-0.05, 0) is 84.4 Å². The monoisotopic (exact) mass is 512 g/mol. The van der Waals surface area contributed by atoms with Crippen molar-refractivity contribution in [3.63, 3.8) is 0 Å². The van der Waals surface area contributed by atoms with Crippen LogP contribution in [0, 0.1) is 0 Å². The van der Waals surface area contributed by atoms with Crippen LogP contribution in [0.1, 0.15) is 11.1 Å². The zero-order chi connectivity index (χ0) is 25.2. The first-order valence-electron chi connectivity index (χ1n) is 11.4. The van der Waals surface area contributed by atoms with E-state index in [1.807, 2.05) is 36.4 Å². The fourth-order valence-electron chi connectivity index (χ4n) is 3.90. The Bertz CT molecular complexity index is 1630. The van der Waals surface area contributed by atoms with Crippen LogP contribution in [0.5, 0.6) is 23.0 Å². The molecule has 0 aromatic heterocycles. The zero-order valence-electron chi connectivity index (χ0n) is 19.4. The molecule has 2 aliphatic heterocycles. The Morgan fingerprint density at radius 2 is 1.24 bits per heavy atom. The molecule has 4 aromatic carbocycles. The Morgan fingerprint density at radius 1 is 0.622 bits per heavy atom. The Kier molecular flexibility index (Phi) is 5.82. The number of hydrogen-bond acceptors (Lipinski definition) is 8. The van der Waals surface area contributed by atoms with Crippen LogP contribution in [0.2, 0.25) is 0 Å². The average Bonchev–Trinajstić information content (AvgIpc) is 3.61. The summed E-state index contributed by atoms with van der Waals surface area (Å²) in [5.74, 6) is 2.70. The van der Waals surface area contributed by atoms with Gasteiger partial charge < -0.3 is 18.9 Å². The van der Waals surface area contributed by atoms with E-state index in [0.29, 0.717) is 34.4 Å².